The third-order valence-corrected chi connectivity index (χ3v) is 5.52. The van der Waals surface area contributed by atoms with Crippen LogP contribution < -0.4 is 5.32 Å². The predicted octanol–water partition coefficient (Wildman–Crippen LogP) is 4.21. The third kappa shape index (κ3) is 4.37. The highest BCUT2D eigenvalue weighted by atomic mass is 19.4. The summed E-state index contributed by atoms with van der Waals surface area (Å²) in [5.41, 5.74) is -0.169. The Balaban J connectivity index is 1.85. The molecule has 1 saturated carbocycles. The summed E-state index contributed by atoms with van der Waals surface area (Å²) >= 11 is 0. The van der Waals surface area contributed by atoms with Crippen LogP contribution in [0, 0.1) is 0 Å². The van der Waals surface area contributed by atoms with Crippen molar-refractivity contribution in [3.8, 4) is 0 Å². The predicted molar refractivity (Wildman–Crippen MR) is 92.3 cm³/mol. The highest BCUT2D eigenvalue weighted by Crippen LogP contribution is 2.39. The second-order valence-corrected chi connectivity index (χ2v) is 7.36. The maximum atomic E-state index is 13.5. The van der Waals surface area contributed by atoms with E-state index in [-0.39, 0.29) is 24.1 Å². The molecule has 0 bridgehead atoms. The van der Waals surface area contributed by atoms with Gasteiger partial charge in [0.05, 0.1) is 17.3 Å². The van der Waals surface area contributed by atoms with Crippen molar-refractivity contribution in [1.82, 2.24) is 15.2 Å². The molecule has 1 saturated heterocycles. The van der Waals surface area contributed by atoms with E-state index in [0.29, 0.717) is 11.7 Å². The van der Waals surface area contributed by atoms with Gasteiger partial charge in [-0.05, 0) is 38.3 Å². The van der Waals surface area contributed by atoms with E-state index in [9.17, 15) is 18.0 Å². The average Bonchev–Trinajstić information content (AvgIpc) is 3.09. The first kappa shape index (κ1) is 19.1. The fourth-order valence-electron chi connectivity index (χ4n) is 4.26. The van der Waals surface area contributed by atoms with E-state index in [4.69, 9.17) is 0 Å². The lowest BCUT2D eigenvalue weighted by molar-refractivity contribution is -0.138. The van der Waals surface area contributed by atoms with Crippen molar-refractivity contribution in [2.75, 3.05) is 6.54 Å². The van der Waals surface area contributed by atoms with Crippen molar-refractivity contribution < 1.29 is 18.0 Å². The smallest absolute Gasteiger partial charge is 0.352 e. The van der Waals surface area contributed by atoms with E-state index >= 15 is 0 Å². The lowest BCUT2D eigenvalue weighted by atomic mass is 9.93. The number of likely N-dealkylation sites (tertiary alicyclic amines) is 1. The van der Waals surface area contributed by atoms with E-state index in [1.165, 1.54) is 38.4 Å². The van der Waals surface area contributed by atoms with E-state index in [2.05, 4.69) is 15.2 Å². The lowest BCUT2D eigenvalue weighted by Crippen LogP contribution is -2.36. The number of hydrogen-bond donors (Lipinski definition) is 1. The number of alkyl halides is 3. The fraction of sp³-hybridized carbons (Fsp3) is 0.684. The van der Waals surface area contributed by atoms with Crippen LogP contribution in [-0.4, -0.2) is 28.4 Å². The standard InChI is InChI=1S/C19H26F3N3O/c1-13(26)23-11-14-12-24-17(10-16(14)19(20,21)22)18-8-5-9-25(18)15-6-3-2-4-7-15/h10,12,15,18H,2-9,11H2,1H3,(H,23,26). The number of pyridine rings is 1. The quantitative estimate of drug-likeness (QED) is 0.865. The minimum absolute atomic E-state index is 0.0127. The van der Waals surface area contributed by atoms with Gasteiger partial charge in [0, 0.05) is 31.3 Å². The van der Waals surface area contributed by atoms with Crippen molar-refractivity contribution in [3.05, 3.63) is 29.1 Å². The Morgan fingerprint density at radius 2 is 1.96 bits per heavy atom. The third-order valence-electron chi connectivity index (χ3n) is 5.52. The first-order valence-electron chi connectivity index (χ1n) is 9.42. The van der Waals surface area contributed by atoms with Crippen molar-refractivity contribution in [2.45, 2.75) is 76.7 Å². The fourth-order valence-corrected chi connectivity index (χ4v) is 4.26. The van der Waals surface area contributed by atoms with Crippen LogP contribution in [0.2, 0.25) is 0 Å². The minimum Gasteiger partial charge on any atom is -0.352 e. The zero-order chi connectivity index (χ0) is 18.7. The van der Waals surface area contributed by atoms with Gasteiger partial charge in [-0.15, -0.1) is 0 Å². The molecule has 1 aliphatic heterocycles. The molecule has 1 unspecified atom stereocenters. The SMILES string of the molecule is CC(=O)NCc1cnc(C2CCCN2C2CCCCC2)cc1C(F)(F)F. The summed E-state index contributed by atoms with van der Waals surface area (Å²) in [6.07, 6.45) is 4.58. The number of rotatable bonds is 4. The molecule has 3 rings (SSSR count). The maximum absolute atomic E-state index is 13.5. The Hall–Kier alpha value is -1.63. The Morgan fingerprint density at radius 1 is 1.23 bits per heavy atom. The molecule has 7 heteroatoms. The van der Waals surface area contributed by atoms with Crippen LogP contribution in [0.1, 0.15) is 74.7 Å². The minimum atomic E-state index is -4.46. The Kier molecular flexibility index (Phi) is 5.85. The molecule has 2 aliphatic rings. The van der Waals surface area contributed by atoms with Gasteiger partial charge in [0.25, 0.3) is 0 Å². The van der Waals surface area contributed by atoms with Gasteiger partial charge in [-0.25, -0.2) is 0 Å². The first-order chi connectivity index (χ1) is 12.4. The van der Waals surface area contributed by atoms with Crippen LogP contribution in [0.5, 0.6) is 0 Å². The number of aromatic nitrogens is 1. The zero-order valence-electron chi connectivity index (χ0n) is 15.1. The maximum Gasteiger partial charge on any atom is 0.416 e. The Labute approximate surface area is 152 Å². The highest BCUT2D eigenvalue weighted by Gasteiger charge is 2.37. The molecule has 2 heterocycles. The Morgan fingerprint density at radius 3 is 2.62 bits per heavy atom. The van der Waals surface area contributed by atoms with Crippen LogP contribution in [0.15, 0.2) is 12.3 Å². The van der Waals surface area contributed by atoms with Crippen LogP contribution in [-0.2, 0) is 17.5 Å². The van der Waals surface area contributed by atoms with Gasteiger partial charge >= 0.3 is 6.18 Å². The van der Waals surface area contributed by atoms with Crippen LogP contribution in [0.4, 0.5) is 13.2 Å². The molecular weight excluding hydrogens is 343 g/mol. The second-order valence-electron chi connectivity index (χ2n) is 7.36. The summed E-state index contributed by atoms with van der Waals surface area (Å²) in [6.45, 7) is 2.07. The van der Waals surface area contributed by atoms with E-state index in [1.807, 2.05) is 0 Å². The van der Waals surface area contributed by atoms with Gasteiger partial charge in [0.15, 0.2) is 0 Å². The summed E-state index contributed by atoms with van der Waals surface area (Å²) in [4.78, 5) is 17.8. The van der Waals surface area contributed by atoms with Crippen molar-refractivity contribution >= 4 is 5.91 Å². The summed E-state index contributed by atoms with van der Waals surface area (Å²) in [5.74, 6) is -0.360. The normalized spacial score (nSPS) is 22.5. The second kappa shape index (κ2) is 7.94. The van der Waals surface area contributed by atoms with E-state index in [0.717, 1.165) is 32.2 Å². The molecule has 1 aromatic rings. The first-order valence-corrected chi connectivity index (χ1v) is 9.42. The Bertz CT molecular complexity index is 641. The zero-order valence-corrected chi connectivity index (χ0v) is 15.1. The average molecular weight is 369 g/mol. The topological polar surface area (TPSA) is 45.2 Å². The molecule has 0 spiro atoms. The van der Waals surface area contributed by atoms with Crippen LogP contribution in [0.3, 0.4) is 0 Å². The lowest BCUT2D eigenvalue weighted by Gasteiger charge is -2.35. The summed E-state index contributed by atoms with van der Waals surface area (Å²) in [5, 5.41) is 2.43. The van der Waals surface area contributed by atoms with Gasteiger partial charge in [0.2, 0.25) is 5.91 Å². The molecule has 4 nitrogen and oxygen atoms in total. The molecule has 1 aromatic heterocycles. The molecule has 0 aromatic carbocycles. The molecular formula is C19H26F3N3O. The molecule has 1 N–H and O–H groups in total. The van der Waals surface area contributed by atoms with Gasteiger partial charge in [-0.2, -0.15) is 13.2 Å². The van der Waals surface area contributed by atoms with Gasteiger partial charge in [-0.3, -0.25) is 14.7 Å². The van der Waals surface area contributed by atoms with Crippen molar-refractivity contribution in [1.29, 1.82) is 0 Å². The molecule has 26 heavy (non-hydrogen) atoms. The summed E-state index contributed by atoms with van der Waals surface area (Å²) in [6, 6.07) is 1.63. The summed E-state index contributed by atoms with van der Waals surface area (Å²) in [7, 11) is 0. The van der Waals surface area contributed by atoms with Gasteiger partial charge < -0.3 is 5.32 Å². The van der Waals surface area contributed by atoms with Crippen molar-refractivity contribution in [3.63, 3.8) is 0 Å². The molecule has 0 radical (unpaired) electrons. The van der Waals surface area contributed by atoms with E-state index in [1.54, 1.807) is 0 Å². The molecule has 2 fully saturated rings. The van der Waals surface area contributed by atoms with Gasteiger partial charge in [-0.1, -0.05) is 19.3 Å². The van der Waals surface area contributed by atoms with Crippen molar-refractivity contribution in [2.24, 2.45) is 0 Å². The highest BCUT2D eigenvalue weighted by molar-refractivity contribution is 5.72. The van der Waals surface area contributed by atoms with Crippen LogP contribution >= 0.6 is 0 Å². The number of nitrogens with zero attached hydrogens (tertiary/aromatic N) is 2. The monoisotopic (exact) mass is 369 g/mol. The molecule has 144 valence electrons. The van der Waals surface area contributed by atoms with E-state index < -0.39 is 11.7 Å². The number of hydrogen-bond acceptors (Lipinski definition) is 3. The molecule has 1 atom stereocenters. The number of amides is 1. The largest absolute Gasteiger partial charge is 0.416 e. The number of nitrogens with one attached hydrogen (secondary N) is 1. The number of halogens is 3. The summed E-state index contributed by atoms with van der Waals surface area (Å²) < 4.78 is 40.6. The number of carbonyl (C=O) groups is 1. The van der Waals surface area contributed by atoms with Crippen LogP contribution in [0.25, 0.3) is 0 Å². The van der Waals surface area contributed by atoms with Gasteiger partial charge in [0.1, 0.15) is 0 Å². The molecule has 1 amide bonds. The number of carbonyl (C=O) groups excluding carboxylic acids is 1. The molecule has 1 aliphatic carbocycles.